The molecular weight excluding hydrogens is 203 g/mol. The van der Waals surface area contributed by atoms with Crippen LogP contribution in [0.25, 0.3) is 0 Å². The fourth-order valence-electron chi connectivity index (χ4n) is 1.02. The summed E-state index contributed by atoms with van der Waals surface area (Å²) in [4.78, 5) is 10.5. The molecule has 0 aromatic carbocycles. The summed E-state index contributed by atoms with van der Waals surface area (Å²) < 4.78 is 45.3. The van der Waals surface area contributed by atoms with E-state index in [1.54, 1.807) is 5.32 Å². The van der Waals surface area contributed by atoms with E-state index in [0.29, 0.717) is 13.2 Å². The summed E-state index contributed by atoms with van der Waals surface area (Å²) in [7, 11) is 0. The summed E-state index contributed by atoms with van der Waals surface area (Å²) in [5.74, 6) is -1.98. The van der Waals surface area contributed by atoms with Crippen molar-refractivity contribution in [2.24, 2.45) is 0 Å². The van der Waals surface area contributed by atoms with Gasteiger partial charge < -0.3 is 14.8 Å². The van der Waals surface area contributed by atoms with Crippen LogP contribution in [0.3, 0.4) is 0 Å². The predicted molar refractivity (Wildman–Crippen MR) is 39.4 cm³/mol. The van der Waals surface area contributed by atoms with Crippen LogP contribution >= 0.6 is 0 Å². The molecule has 4 nitrogen and oxygen atoms in total. The van der Waals surface area contributed by atoms with E-state index in [0.717, 1.165) is 0 Å². The number of rotatable bonds is 2. The highest BCUT2D eigenvalue weighted by molar-refractivity contribution is 5.81. The molecule has 0 aliphatic carbocycles. The molecule has 1 N–H and O–H groups in total. The summed E-state index contributed by atoms with van der Waals surface area (Å²) in [6.45, 7) is 2.05. The largest absolute Gasteiger partial charge is 0.471 e. The minimum atomic E-state index is -4.87. The molecule has 0 spiro atoms. The first-order valence-corrected chi connectivity index (χ1v) is 4.02. The smallest absolute Gasteiger partial charge is 0.348 e. The summed E-state index contributed by atoms with van der Waals surface area (Å²) in [5, 5.41) is 1.75. The first kappa shape index (κ1) is 11.3. The predicted octanol–water partition coefficient (Wildman–Crippen LogP) is 0.426. The molecule has 14 heavy (non-hydrogen) atoms. The molecule has 1 fully saturated rings. The van der Waals surface area contributed by atoms with Gasteiger partial charge >= 0.3 is 12.1 Å². The van der Waals surface area contributed by atoms with Gasteiger partial charge in [-0.25, -0.2) is 0 Å². The Hall–Kier alpha value is -0.820. The number of carbonyl (C=O) groups is 1. The molecule has 0 radical (unpaired) electrons. The van der Waals surface area contributed by atoms with Crippen molar-refractivity contribution in [3.8, 4) is 0 Å². The van der Waals surface area contributed by atoms with Crippen LogP contribution in [-0.4, -0.2) is 37.6 Å². The topological polar surface area (TPSA) is 47.6 Å². The van der Waals surface area contributed by atoms with E-state index in [4.69, 9.17) is 9.47 Å². The zero-order valence-electron chi connectivity index (χ0n) is 7.43. The highest BCUT2D eigenvalue weighted by Crippen LogP contribution is 2.16. The number of halogens is 3. The number of nitrogens with one attached hydrogen (secondary N) is 1. The van der Waals surface area contributed by atoms with Gasteiger partial charge in [-0.05, 0) is 6.92 Å². The van der Waals surface area contributed by atoms with Crippen molar-refractivity contribution >= 4 is 5.91 Å². The van der Waals surface area contributed by atoms with Crippen LogP contribution < -0.4 is 5.32 Å². The van der Waals surface area contributed by atoms with Gasteiger partial charge in [-0.15, -0.1) is 0 Å². The van der Waals surface area contributed by atoms with Crippen molar-refractivity contribution < 1.29 is 27.4 Å². The van der Waals surface area contributed by atoms with Crippen molar-refractivity contribution in [2.75, 3.05) is 13.2 Å². The Labute approximate surface area is 78.4 Å². The molecule has 7 heteroatoms. The Morgan fingerprint density at radius 2 is 1.93 bits per heavy atom. The lowest BCUT2D eigenvalue weighted by molar-refractivity contribution is -0.176. The highest BCUT2D eigenvalue weighted by atomic mass is 19.4. The Balaban J connectivity index is 2.39. The van der Waals surface area contributed by atoms with E-state index in [-0.39, 0.29) is 0 Å². The number of hydrogen-bond donors (Lipinski definition) is 1. The SMILES string of the molecule is C[C@H](NC(=O)C(F)(F)F)C1OCCO1. The summed E-state index contributed by atoms with van der Waals surface area (Å²) >= 11 is 0. The Morgan fingerprint density at radius 3 is 2.36 bits per heavy atom. The van der Waals surface area contributed by atoms with Crippen molar-refractivity contribution in [2.45, 2.75) is 25.4 Å². The molecule has 0 aromatic rings. The number of amides is 1. The standard InChI is InChI=1S/C7H10F3NO3/c1-4(5-13-2-3-14-5)11-6(12)7(8,9)10/h4-5H,2-3H2,1H3,(H,11,12)/t4-/m0/s1. The minimum Gasteiger partial charge on any atom is -0.348 e. The van der Waals surface area contributed by atoms with Crippen LogP contribution in [0.4, 0.5) is 13.2 Å². The third-order valence-corrected chi connectivity index (χ3v) is 1.67. The average Bonchev–Trinajstić information content (AvgIpc) is 2.53. The van der Waals surface area contributed by atoms with Gasteiger partial charge in [-0.2, -0.15) is 13.2 Å². The number of hydrogen-bond acceptors (Lipinski definition) is 3. The summed E-state index contributed by atoms with van der Waals surface area (Å²) in [5.41, 5.74) is 0. The molecule has 82 valence electrons. The van der Waals surface area contributed by atoms with Gasteiger partial charge in [0.2, 0.25) is 0 Å². The zero-order valence-corrected chi connectivity index (χ0v) is 7.43. The van der Waals surface area contributed by atoms with Gasteiger partial charge in [-0.3, -0.25) is 4.79 Å². The van der Waals surface area contributed by atoms with Crippen LogP contribution in [0.1, 0.15) is 6.92 Å². The second-order valence-electron chi connectivity index (χ2n) is 2.87. The molecule has 1 atom stereocenters. The van der Waals surface area contributed by atoms with E-state index in [1.165, 1.54) is 6.92 Å². The molecule has 0 bridgehead atoms. The van der Waals surface area contributed by atoms with Crippen LogP contribution in [0.2, 0.25) is 0 Å². The lowest BCUT2D eigenvalue weighted by Gasteiger charge is -2.19. The molecule has 1 amide bonds. The van der Waals surface area contributed by atoms with Gasteiger partial charge in [0.25, 0.3) is 0 Å². The molecule has 1 aliphatic rings. The number of ether oxygens (including phenoxy) is 2. The van der Waals surface area contributed by atoms with Crippen molar-refractivity contribution in [3.63, 3.8) is 0 Å². The lowest BCUT2D eigenvalue weighted by Crippen LogP contribution is -2.47. The van der Waals surface area contributed by atoms with Crippen LogP contribution in [0, 0.1) is 0 Å². The van der Waals surface area contributed by atoms with Crippen LogP contribution in [0.15, 0.2) is 0 Å². The van der Waals surface area contributed by atoms with Gasteiger partial charge in [-0.1, -0.05) is 0 Å². The maximum absolute atomic E-state index is 11.8. The first-order chi connectivity index (χ1) is 6.41. The average molecular weight is 213 g/mol. The first-order valence-electron chi connectivity index (χ1n) is 4.02. The second-order valence-corrected chi connectivity index (χ2v) is 2.87. The quantitative estimate of drug-likeness (QED) is 0.723. The van der Waals surface area contributed by atoms with E-state index in [9.17, 15) is 18.0 Å². The maximum Gasteiger partial charge on any atom is 0.471 e. The highest BCUT2D eigenvalue weighted by Gasteiger charge is 2.40. The lowest BCUT2D eigenvalue weighted by atomic mass is 10.3. The molecule has 0 aromatic heterocycles. The molecule has 1 heterocycles. The zero-order chi connectivity index (χ0) is 10.8. The Bertz CT molecular complexity index is 213. The third kappa shape index (κ3) is 2.85. The maximum atomic E-state index is 11.8. The van der Waals surface area contributed by atoms with Gasteiger partial charge in [0.1, 0.15) is 0 Å². The molecular formula is C7H10F3NO3. The van der Waals surface area contributed by atoms with Gasteiger partial charge in [0.05, 0.1) is 19.3 Å². The van der Waals surface area contributed by atoms with E-state index in [1.807, 2.05) is 0 Å². The minimum absolute atomic E-state index is 0.330. The van der Waals surface area contributed by atoms with Crippen molar-refractivity contribution in [1.82, 2.24) is 5.32 Å². The Kier molecular flexibility index (Phi) is 3.33. The number of alkyl halides is 3. The summed E-state index contributed by atoms with van der Waals surface area (Å²) in [6, 6.07) is -0.813. The van der Waals surface area contributed by atoms with E-state index in [2.05, 4.69) is 0 Å². The number of carbonyl (C=O) groups excluding carboxylic acids is 1. The normalized spacial score (nSPS) is 20.9. The second kappa shape index (κ2) is 4.14. The van der Waals surface area contributed by atoms with Crippen molar-refractivity contribution in [1.29, 1.82) is 0 Å². The van der Waals surface area contributed by atoms with Gasteiger partial charge in [0, 0.05) is 0 Å². The van der Waals surface area contributed by atoms with E-state index < -0.39 is 24.4 Å². The van der Waals surface area contributed by atoms with Gasteiger partial charge in [0.15, 0.2) is 6.29 Å². The van der Waals surface area contributed by atoms with Crippen LogP contribution in [-0.2, 0) is 14.3 Å². The van der Waals surface area contributed by atoms with Crippen LogP contribution in [0.5, 0.6) is 0 Å². The monoisotopic (exact) mass is 213 g/mol. The third-order valence-electron chi connectivity index (χ3n) is 1.67. The summed E-state index contributed by atoms with van der Waals surface area (Å²) in [6.07, 6.45) is -5.66. The fourth-order valence-corrected chi connectivity index (χ4v) is 1.02. The van der Waals surface area contributed by atoms with Crippen molar-refractivity contribution in [3.05, 3.63) is 0 Å². The Morgan fingerprint density at radius 1 is 1.43 bits per heavy atom. The molecule has 1 rings (SSSR count). The molecule has 0 saturated carbocycles. The molecule has 1 saturated heterocycles. The molecule has 1 aliphatic heterocycles. The fraction of sp³-hybridized carbons (Fsp3) is 0.857. The molecule has 0 unspecified atom stereocenters. The van der Waals surface area contributed by atoms with E-state index >= 15 is 0 Å².